The van der Waals surface area contributed by atoms with Crippen molar-refractivity contribution in [1.82, 2.24) is 8.87 Å². The standard InChI is InChI=1S/C18H24N6O2S/c1-14(2)21-18(6-8-19)24-9-7-15-16(4-3-5-17(15)24)22-10-12-23(13-11-22)27(20,25)26/h3-9H,1,10-13,19H2,2H3,(H2,20,25,26)/b8-6-,21-18?. The van der Waals surface area contributed by atoms with Gasteiger partial charge >= 0.3 is 0 Å². The molecule has 2 aromatic rings. The molecule has 1 aromatic carbocycles. The van der Waals surface area contributed by atoms with Crippen LogP contribution < -0.4 is 15.8 Å². The van der Waals surface area contributed by atoms with E-state index < -0.39 is 10.2 Å². The Morgan fingerprint density at radius 1 is 1.22 bits per heavy atom. The highest BCUT2D eigenvalue weighted by Gasteiger charge is 2.25. The molecule has 9 heteroatoms. The summed E-state index contributed by atoms with van der Waals surface area (Å²) in [5, 5.41) is 6.29. The molecule has 0 atom stereocenters. The molecule has 0 spiro atoms. The molecule has 27 heavy (non-hydrogen) atoms. The first-order chi connectivity index (χ1) is 12.8. The number of benzene rings is 1. The largest absolute Gasteiger partial charge is 0.404 e. The topological polar surface area (TPSA) is 110 Å². The Morgan fingerprint density at radius 3 is 2.52 bits per heavy atom. The molecule has 0 saturated carbocycles. The molecule has 8 nitrogen and oxygen atoms in total. The van der Waals surface area contributed by atoms with E-state index in [1.54, 1.807) is 6.08 Å². The fourth-order valence-corrected chi connectivity index (χ4v) is 3.94. The molecule has 0 radical (unpaired) electrons. The first-order valence-corrected chi connectivity index (χ1v) is 10.1. The summed E-state index contributed by atoms with van der Waals surface area (Å²) < 4.78 is 26.3. The molecule has 0 aliphatic carbocycles. The van der Waals surface area contributed by atoms with Crippen LogP contribution in [0, 0.1) is 0 Å². The number of nitrogens with two attached hydrogens (primary N) is 2. The van der Waals surface area contributed by atoms with Gasteiger partial charge in [-0.25, -0.2) is 10.1 Å². The van der Waals surface area contributed by atoms with Crippen LogP contribution in [0.2, 0.25) is 0 Å². The van der Waals surface area contributed by atoms with Crippen LogP contribution in [0.15, 0.2) is 60.0 Å². The van der Waals surface area contributed by atoms with Crippen molar-refractivity contribution in [2.75, 3.05) is 31.1 Å². The lowest BCUT2D eigenvalue weighted by Crippen LogP contribution is -2.50. The predicted molar refractivity (Wildman–Crippen MR) is 110 cm³/mol. The van der Waals surface area contributed by atoms with Crippen molar-refractivity contribution in [1.29, 1.82) is 0 Å². The van der Waals surface area contributed by atoms with Crippen LogP contribution >= 0.6 is 0 Å². The van der Waals surface area contributed by atoms with Gasteiger partial charge in [-0.1, -0.05) is 12.6 Å². The van der Waals surface area contributed by atoms with Crippen LogP contribution in [-0.4, -0.2) is 49.3 Å². The first kappa shape index (κ1) is 19.2. The Morgan fingerprint density at radius 2 is 1.93 bits per heavy atom. The quantitative estimate of drug-likeness (QED) is 0.606. The van der Waals surface area contributed by atoms with E-state index in [1.807, 2.05) is 42.0 Å². The van der Waals surface area contributed by atoms with E-state index in [2.05, 4.69) is 16.5 Å². The van der Waals surface area contributed by atoms with Crippen molar-refractivity contribution < 1.29 is 8.42 Å². The molecule has 1 fully saturated rings. The number of aromatic nitrogens is 1. The molecule has 2 heterocycles. The minimum absolute atomic E-state index is 0.369. The molecular weight excluding hydrogens is 364 g/mol. The van der Waals surface area contributed by atoms with Gasteiger partial charge in [-0.15, -0.1) is 0 Å². The molecule has 1 saturated heterocycles. The minimum Gasteiger partial charge on any atom is -0.404 e. The van der Waals surface area contributed by atoms with Crippen molar-refractivity contribution in [3.63, 3.8) is 0 Å². The Labute approximate surface area is 159 Å². The zero-order valence-corrected chi connectivity index (χ0v) is 16.1. The smallest absolute Gasteiger partial charge is 0.277 e. The number of hydrogen-bond acceptors (Lipinski definition) is 5. The van der Waals surface area contributed by atoms with Gasteiger partial charge < -0.3 is 15.2 Å². The highest BCUT2D eigenvalue weighted by atomic mass is 32.2. The van der Waals surface area contributed by atoms with E-state index in [4.69, 9.17) is 10.9 Å². The third-order valence-electron chi connectivity index (χ3n) is 4.45. The predicted octanol–water partition coefficient (Wildman–Crippen LogP) is 1.22. The zero-order chi connectivity index (χ0) is 19.6. The normalized spacial score (nSPS) is 17.1. The maximum absolute atomic E-state index is 11.5. The van der Waals surface area contributed by atoms with Crippen molar-refractivity contribution >= 4 is 32.6 Å². The van der Waals surface area contributed by atoms with Gasteiger partial charge in [0, 0.05) is 49.1 Å². The van der Waals surface area contributed by atoms with Crippen LogP contribution in [0.3, 0.4) is 0 Å². The van der Waals surface area contributed by atoms with Crippen LogP contribution in [0.4, 0.5) is 5.69 Å². The van der Waals surface area contributed by atoms with Crippen LogP contribution in [0.1, 0.15) is 6.92 Å². The number of hydrogen-bond donors (Lipinski definition) is 2. The van der Waals surface area contributed by atoms with E-state index in [0.29, 0.717) is 37.7 Å². The lowest BCUT2D eigenvalue weighted by molar-refractivity contribution is 0.386. The van der Waals surface area contributed by atoms with Crippen molar-refractivity contribution in [2.45, 2.75) is 6.92 Å². The number of piperazine rings is 1. The lowest BCUT2D eigenvalue weighted by Gasteiger charge is -2.34. The number of anilines is 1. The maximum Gasteiger partial charge on any atom is 0.277 e. The summed E-state index contributed by atoms with van der Waals surface area (Å²) in [5.74, 6) is 0.677. The van der Waals surface area contributed by atoms with Gasteiger partial charge in [-0.05, 0) is 37.4 Å². The van der Waals surface area contributed by atoms with Crippen LogP contribution in [-0.2, 0) is 10.2 Å². The Balaban J connectivity index is 1.96. The van der Waals surface area contributed by atoms with Crippen molar-refractivity contribution in [2.24, 2.45) is 15.9 Å². The number of allylic oxidation sites excluding steroid dienone is 2. The van der Waals surface area contributed by atoms with E-state index in [-0.39, 0.29) is 0 Å². The number of aliphatic imine (C=N–C) groups is 1. The monoisotopic (exact) mass is 388 g/mol. The zero-order valence-electron chi connectivity index (χ0n) is 15.2. The molecule has 1 aromatic heterocycles. The Hall–Kier alpha value is -2.62. The van der Waals surface area contributed by atoms with Gasteiger partial charge in [0.05, 0.1) is 5.52 Å². The maximum atomic E-state index is 11.5. The third kappa shape index (κ3) is 4.05. The van der Waals surface area contributed by atoms with E-state index in [1.165, 1.54) is 10.5 Å². The van der Waals surface area contributed by atoms with E-state index in [9.17, 15) is 8.42 Å². The second-order valence-corrected chi connectivity index (χ2v) is 7.94. The van der Waals surface area contributed by atoms with E-state index in [0.717, 1.165) is 16.6 Å². The summed E-state index contributed by atoms with van der Waals surface area (Å²) >= 11 is 0. The van der Waals surface area contributed by atoms with Crippen molar-refractivity contribution in [3.8, 4) is 0 Å². The van der Waals surface area contributed by atoms with Crippen LogP contribution in [0.5, 0.6) is 0 Å². The summed E-state index contributed by atoms with van der Waals surface area (Å²) in [6.07, 6.45) is 5.12. The van der Waals surface area contributed by atoms with Gasteiger partial charge in [-0.3, -0.25) is 0 Å². The van der Waals surface area contributed by atoms with Gasteiger partial charge in [0.2, 0.25) is 0 Å². The number of nitrogens with zero attached hydrogens (tertiary/aromatic N) is 4. The van der Waals surface area contributed by atoms with E-state index >= 15 is 0 Å². The second kappa shape index (κ2) is 7.55. The van der Waals surface area contributed by atoms with Gasteiger partial charge in [0.15, 0.2) is 0 Å². The van der Waals surface area contributed by atoms with Crippen LogP contribution in [0.25, 0.3) is 10.9 Å². The highest BCUT2D eigenvalue weighted by Crippen LogP contribution is 2.29. The Kier molecular flexibility index (Phi) is 5.36. The summed E-state index contributed by atoms with van der Waals surface area (Å²) in [5.41, 5.74) is 8.29. The molecular formula is C18H24N6O2S. The molecule has 0 bridgehead atoms. The lowest BCUT2D eigenvalue weighted by atomic mass is 10.2. The molecule has 0 amide bonds. The molecule has 4 N–H and O–H groups in total. The minimum atomic E-state index is -3.64. The SMILES string of the molecule is C=C(C)N=C(/C=C\N)n1ccc2c(N3CCN(S(N)(=O)=O)CC3)cccc21. The fourth-order valence-electron chi connectivity index (χ4n) is 3.26. The molecule has 1 aliphatic rings. The summed E-state index contributed by atoms with van der Waals surface area (Å²) in [7, 11) is -3.64. The highest BCUT2D eigenvalue weighted by molar-refractivity contribution is 7.86. The summed E-state index contributed by atoms with van der Waals surface area (Å²) in [4.78, 5) is 6.63. The third-order valence-corrected chi connectivity index (χ3v) is 5.53. The average Bonchev–Trinajstić information content (AvgIpc) is 3.04. The summed E-state index contributed by atoms with van der Waals surface area (Å²) in [6.45, 7) is 7.56. The average molecular weight is 388 g/mol. The second-order valence-electron chi connectivity index (χ2n) is 6.39. The molecule has 1 aliphatic heterocycles. The summed E-state index contributed by atoms with van der Waals surface area (Å²) in [6, 6.07) is 8.05. The number of fused-ring (bicyclic) bond motifs is 1. The van der Waals surface area contributed by atoms with Gasteiger partial charge in [0.25, 0.3) is 10.2 Å². The number of rotatable bonds is 4. The van der Waals surface area contributed by atoms with Crippen molar-refractivity contribution in [3.05, 3.63) is 55.0 Å². The fraction of sp³-hybridized carbons (Fsp3) is 0.278. The molecule has 144 valence electrons. The molecule has 3 rings (SSSR count). The molecule has 0 unspecified atom stereocenters. The Bertz CT molecular complexity index is 1010. The van der Waals surface area contributed by atoms with Gasteiger partial charge in [-0.2, -0.15) is 12.7 Å². The van der Waals surface area contributed by atoms with Gasteiger partial charge in [0.1, 0.15) is 5.84 Å². The first-order valence-electron chi connectivity index (χ1n) is 8.57.